The van der Waals surface area contributed by atoms with E-state index >= 15 is 0 Å². The van der Waals surface area contributed by atoms with Crippen LogP contribution in [-0.4, -0.2) is 55.2 Å². The number of hydrogen-bond donors (Lipinski definition) is 2. The Balaban J connectivity index is 0.00000320. The number of para-hydroxylation sites is 1. The lowest BCUT2D eigenvalue weighted by Gasteiger charge is -2.34. The number of halogens is 1. The highest BCUT2D eigenvalue weighted by molar-refractivity contribution is 14.0. The Hall–Kier alpha value is -1.76. The summed E-state index contributed by atoms with van der Waals surface area (Å²) in [6, 6.07) is 11.2. The number of morpholine rings is 1. The third-order valence-corrected chi connectivity index (χ3v) is 5.73. The summed E-state index contributed by atoms with van der Waals surface area (Å²) in [6.07, 6.45) is 0. The van der Waals surface area contributed by atoms with Crippen LogP contribution in [0, 0.1) is 10.1 Å². The second-order valence-corrected chi connectivity index (χ2v) is 7.62. The van der Waals surface area contributed by atoms with E-state index in [1.54, 1.807) is 29.5 Å². The van der Waals surface area contributed by atoms with Gasteiger partial charge >= 0.3 is 0 Å². The van der Waals surface area contributed by atoms with Crippen LogP contribution in [0.4, 0.5) is 5.69 Å². The van der Waals surface area contributed by atoms with Crippen molar-refractivity contribution in [2.45, 2.75) is 19.5 Å². The van der Waals surface area contributed by atoms with Gasteiger partial charge in [0.05, 0.1) is 36.3 Å². The van der Waals surface area contributed by atoms with Crippen molar-refractivity contribution in [3.8, 4) is 0 Å². The number of hydrogen-bond acceptors (Lipinski definition) is 6. The van der Waals surface area contributed by atoms with E-state index in [0.717, 1.165) is 26.3 Å². The Morgan fingerprint density at radius 3 is 2.70 bits per heavy atom. The Morgan fingerprint density at radius 1 is 1.27 bits per heavy atom. The second kappa shape index (κ2) is 12.8. The minimum Gasteiger partial charge on any atom is -0.379 e. The van der Waals surface area contributed by atoms with Crippen LogP contribution in [-0.2, 0) is 11.3 Å². The molecular formula is C20H28IN5O3S. The van der Waals surface area contributed by atoms with Crippen molar-refractivity contribution in [2.24, 2.45) is 4.99 Å². The molecule has 30 heavy (non-hydrogen) atoms. The Labute approximate surface area is 197 Å². The molecular weight excluding hydrogens is 517 g/mol. The highest BCUT2D eigenvalue weighted by atomic mass is 127. The van der Waals surface area contributed by atoms with Crippen LogP contribution < -0.4 is 10.6 Å². The lowest BCUT2D eigenvalue weighted by atomic mass is 10.2. The molecule has 164 valence electrons. The normalized spacial score (nSPS) is 15.8. The van der Waals surface area contributed by atoms with E-state index in [0.29, 0.717) is 24.6 Å². The molecule has 1 aromatic heterocycles. The first kappa shape index (κ1) is 24.5. The fourth-order valence-electron chi connectivity index (χ4n) is 3.30. The smallest absolute Gasteiger partial charge is 0.274 e. The van der Waals surface area contributed by atoms with Crippen LogP contribution in [0.15, 0.2) is 46.8 Å². The van der Waals surface area contributed by atoms with Gasteiger partial charge < -0.3 is 15.4 Å². The van der Waals surface area contributed by atoms with E-state index in [-0.39, 0.29) is 47.2 Å². The van der Waals surface area contributed by atoms with E-state index < -0.39 is 0 Å². The standard InChI is InChI=1S/C20H27N5O3S.HI/c1-2-21-20(22-14-16-6-3-4-7-17(16)25(26)27)23-15-18(19-8-5-13-29-19)24-9-11-28-12-10-24;/h3-8,13,18H,2,9-12,14-15H2,1H3,(H2,21,22,23);1H. The van der Waals surface area contributed by atoms with Crippen LogP contribution in [0.3, 0.4) is 0 Å². The molecule has 0 bridgehead atoms. The van der Waals surface area contributed by atoms with Crippen molar-refractivity contribution in [1.29, 1.82) is 0 Å². The first-order valence-electron chi connectivity index (χ1n) is 9.78. The number of benzene rings is 1. The fraction of sp³-hybridized carbons (Fsp3) is 0.450. The zero-order valence-corrected chi connectivity index (χ0v) is 20.1. The molecule has 0 radical (unpaired) electrons. The predicted molar refractivity (Wildman–Crippen MR) is 131 cm³/mol. The van der Waals surface area contributed by atoms with Crippen LogP contribution in [0.5, 0.6) is 0 Å². The highest BCUT2D eigenvalue weighted by Crippen LogP contribution is 2.25. The van der Waals surface area contributed by atoms with Crippen molar-refractivity contribution in [2.75, 3.05) is 39.4 Å². The highest BCUT2D eigenvalue weighted by Gasteiger charge is 2.23. The number of aliphatic imine (C=N–C) groups is 1. The molecule has 1 unspecified atom stereocenters. The molecule has 0 aliphatic carbocycles. The van der Waals surface area contributed by atoms with Gasteiger partial charge in [0.1, 0.15) is 0 Å². The molecule has 2 heterocycles. The van der Waals surface area contributed by atoms with Gasteiger partial charge in [-0.15, -0.1) is 35.3 Å². The molecule has 1 aromatic carbocycles. The summed E-state index contributed by atoms with van der Waals surface area (Å²) in [5.41, 5.74) is 0.689. The Kier molecular flexibility index (Phi) is 10.5. The van der Waals surface area contributed by atoms with Crippen molar-refractivity contribution in [3.05, 3.63) is 62.3 Å². The molecule has 2 aromatic rings. The van der Waals surface area contributed by atoms with E-state index in [4.69, 9.17) is 4.74 Å². The molecule has 0 spiro atoms. The summed E-state index contributed by atoms with van der Waals surface area (Å²) >= 11 is 1.75. The van der Waals surface area contributed by atoms with Crippen LogP contribution in [0.25, 0.3) is 0 Å². The lowest BCUT2D eigenvalue weighted by molar-refractivity contribution is -0.385. The molecule has 2 N–H and O–H groups in total. The number of nitrogens with zero attached hydrogens (tertiary/aromatic N) is 3. The van der Waals surface area contributed by atoms with Gasteiger partial charge in [-0.1, -0.05) is 24.3 Å². The van der Waals surface area contributed by atoms with Crippen LogP contribution >= 0.6 is 35.3 Å². The predicted octanol–water partition coefficient (Wildman–Crippen LogP) is 3.40. The van der Waals surface area contributed by atoms with Gasteiger partial charge in [0.2, 0.25) is 0 Å². The maximum absolute atomic E-state index is 11.2. The zero-order chi connectivity index (χ0) is 20.5. The van der Waals surface area contributed by atoms with E-state index in [2.05, 4.69) is 38.0 Å². The van der Waals surface area contributed by atoms with Crippen molar-refractivity contribution in [3.63, 3.8) is 0 Å². The van der Waals surface area contributed by atoms with E-state index in [1.807, 2.05) is 6.92 Å². The fourth-order valence-corrected chi connectivity index (χ4v) is 4.16. The summed E-state index contributed by atoms with van der Waals surface area (Å²) in [5, 5.41) is 20.0. The van der Waals surface area contributed by atoms with Gasteiger partial charge in [0, 0.05) is 37.1 Å². The van der Waals surface area contributed by atoms with Gasteiger partial charge in [-0.2, -0.15) is 0 Å². The molecule has 3 rings (SSSR count). The molecule has 10 heteroatoms. The summed E-state index contributed by atoms with van der Waals surface area (Å²) in [7, 11) is 0. The third-order valence-electron chi connectivity index (χ3n) is 4.76. The number of thiophene rings is 1. The number of nitro benzene ring substituents is 1. The van der Waals surface area contributed by atoms with Crippen LogP contribution in [0.2, 0.25) is 0 Å². The van der Waals surface area contributed by atoms with E-state index in [9.17, 15) is 10.1 Å². The maximum atomic E-state index is 11.2. The first-order valence-corrected chi connectivity index (χ1v) is 10.7. The van der Waals surface area contributed by atoms with Gasteiger partial charge in [-0.05, 0) is 18.4 Å². The van der Waals surface area contributed by atoms with Crippen molar-refractivity contribution >= 4 is 47.0 Å². The summed E-state index contributed by atoms with van der Waals surface area (Å²) in [6.45, 7) is 6.94. The van der Waals surface area contributed by atoms with Gasteiger partial charge in [0.25, 0.3) is 5.69 Å². The first-order chi connectivity index (χ1) is 14.2. The van der Waals surface area contributed by atoms with Crippen LogP contribution in [0.1, 0.15) is 23.4 Å². The van der Waals surface area contributed by atoms with Gasteiger partial charge in [-0.3, -0.25) is 15.0 Å². The Bertz CT molecular complexity index is 813. The quantitative estimate of drug-likeness (QED) is 0.174. The number of nitrogens with one attached hydrogen (secondary N) is 2. The summed E-state index contributed by atoms with van der Waals surface area (Å²) in [4.78, 5) is 19.2. The largest absolute Gasteiger partial charge is 0.379 e. The Morgan fingerprint density at radius 2 is 2.03 bits per heavy atom. The van der Waals surface area contributed by atoms with Crippen molar-refractivity contribution < 1.29 is 9.66 Å². The molecule has 0 amide bonds. The topological polar surface area (TPSA) is 92.0 Å². The average molecular weight is 545 g/mol. The lowest BCUT2D eigenvalue weighted by Crippen LogP contribution is -2.46. The molecule has 1 atom stereocenters. The molecule has 1 aliphatic rings. The summed E-state index contributed by atoms with van der Waals surface area (Å²) < 4.78 is 5.50. The average Bonchev–Trinajstić information content (AvgIpc) is 3.27. The number of ether oxygens (including phenoxy) is 1. The SMILES string of the molecule is CCNC(=NCc1ccccc1[N+](=O)[O-])NCC(c1cccs1)N1CCOCC1.I. The molecule has 0 saturated carbocycles. The molecule has 8 nitrogen and oxygen atoms in total. The minimum absolute atomic E-state index is 0. The van der Waals surface area contributed by atoms with E-state index in [1.165, 1.54) is 10.9 Å². The number of rotatable bonds is 8. The van der Waals surface area contributed by atoms with Gasteiger partial charge in [0.15, 0.2) is 5.96 Å². The zero-order valence-electron chi connectivity index (χ0n) is 17.0. The van der Waals surface area contributed by atoms with Gasteiger partial charge in [-0.25, -0.2) is 4.99 Å². The molecule has 1 aliphatic heterocycles. The van der Waals surface area contributed by atoms with Crippen molar-refractivity contribution in [1.82, 2.24) is 15.5 Å². The minimum atomic E-state index is -0.365. The second-order valence-electron chi connectivity index (χ2n) is 6.64. The number of guanidine groups is 1. The number of nitro groups is 1. The molecule has 1 saturated heterocycles. The monoisotopic (exact) mass is 545 g/mol. The summed E-state index contributed by atoms with van der Waals surface area (Å²) in [5.74, 6) is 0.653. The third kappa shape index (κ3) is 6.89. The molecule has 1 fully saturated rings. The maximum Gasteiger partial charge on any atom is 0.274 e.